The van der Waals surface area contributed by atoms with Crippen molar-refractivity contribution in [2.75, 3.05) is 5.32 Å². The van der Waals surface area contributed by atoms with Crippen LogP contribution in [-0.4, -0.2) is 22.5 Å². The molecule has 1 atom stereocenters. The van der Waals surface area contributed by atoms with Crippen molar-refractivity contribution in [1.29, 1.82) is 0 Å². The molecule has 1 rings (SSSR count). The van der Waals surface area contributed by atoms with Crippen molar-refractivity contribution in [3.8, 4) is 0 Å². The number of carbonyl (C=O) groups is 2. The fraction of sp³-hybridized carbons (Fsp3) is 0.333. The Morgan fingerprint density at radius 2 is 2.11 bits per heavy atom. The van der Waals surface area contributed by atoms with Gasteiger partial charge in [0.2, 0.25) is 5.91 Å². The van der Waals surface area contributed by atoms with Gasteiger partial charge in [-0.1, -0.05) is 6.92 Å². The lowest BCUT2D eigenvalue weighted by Gasteiger charge is -2.21. The van der Waals surface area contributed by atoms with Gasteiger partial charge in [-0.25, -0.2) is 9.18 Å². The van der Waals surface area contributed by atoms with Gasteiger partial charge in [-0.2, -0.15) is 0 Å². The number of carboxylic acid groups (broad SMARTS) is 1. The summed E-state index contributed by atoms with van der Waals surface area (Å²) in [6.07, 6.45) is 0.422. The van der Waals surface area contributed by atoms with Crippen LogP contribution in [0.5, 0.6) is 0 Å². The number of aromatic carboxylic acids is 1. The second-order valence-electron chi connectivity index (χ2n) is 4.22. The molecule has 0 heterocycles. The van der Waals surface area contributed by atoms with Gasteiger partial charge in [-0.05, 0) is 31.5 Å². The standard InChI is InChI=1S/C12H15FN2O3/c1-3-12(2,14)11(18)15-7-4-5-9(13)8(6-7)10(16)17/h4-6H,3,14H2,1-2H3,(H,15,18)(H,16,17). The highest BCUT2D eigenvalue weighted by Crippen LogP contribution is 2.16. The van der Waals surface area contributed by atoms with Gasteiger partial charge >= 0.3 is 5.97 Å². The number of carbonyl (C=O) groups excluding carboxylic acids is 1. The zero-order valence-corrected chi connectivity index (χ0v) is 10.2. The largest absolute Gasteiger partial charge is 0.478 e. The van der Waals surface area contributed by atoms with Crippen LogP contribution in [0.25, 0.3) is 0 Å². The molecule has 0 saturated carbocycles. The second-order valence-corrected chi connectivity index (χ2v) is 4.22. The highest BCUT2D eigenvalue weighted by Gasteiger charge is 2.26. The van der Waals surface area contributed by atoms with E-state index >= 15 is 0 Å². The SMILES string of the molecule is CCC(C)(N)C(=O)Nc1ccc(F)c(C(=O)O)c1. The number of carboxylic acids is 1. The molecule has 6 heteroatoms. The fourth-order valence-corrected chi connectivity index (χ4v) is 1.20. The maximum atomic E-state index is 13.1. The quantitative estimate of drug-likeness (QED) is 0.760. The summed E-state index contributed by atoms with van der Waals surface area (Å²) in [4.78, 5) is 22.5. The molecular weight excluding hydrogens is 239 g/mol. The minimum atomic E-state index is -1.39. The number of nitrogens with two attached hydrogens (primary N) is 1. The van der Waals surface area contributed by atoms with Gasteiger partial charge in [-0.3, -0.25) is 4.79 Å². The number of nitrogens with one attached hydrogen (secondary N) is 1. The molecule has 1 amide bonds. The normalized spacial score (nSPS) is 13.8. The molecule has 0 aliphatic rings. The summed E-state index contributed by atoms with van der Waals surface area (Å²) in [5.74, 6) is -2.70. The number of hydrogen-bond donors (Lipinski definition) is 3. The Labute approximate surface area is 104 Å². The van der Waals surface area contributed by atoms with Crippen molar-refractivity contribution in [2.24, 2.45) is 5.73 Å². The van der Waals surface area contributed by atoms with E-state index < -0.39 is 28.8 Å². The van der Waals surface area contributed by atoms with Crippen LogP contribution in [0.1, 0.15) is 30.6 Å². The lowest BCUT2D eigenvalue weighted by atomic mass is 9.99. The number of halogens is 1. The van der Waals surface area contributed by atoms with Crippen molar-refractivity contribution < 1.29 is 19.1 Å². The van der Waals surface area contributed by atoms with Crippen LogP contribution < -0.4 is 11.1 Å². The summed E-state index contributed by atoms with van der Waals surface area (Å²) in [6.45, 7) is 3.32. The van der Waals surface area contributed by atoms with E-state index in [1.165, 1.54) is 6.07 Å². The smallest absolute Gasteiger partial charge is 0.338 e. The number of hydrogen-bond acceptors (Lipinski definition) is 3. The summed E-state index contributed by atoms with van der Waals surface area (Å²) >= 11 is 0. The maximum absolute atomic E-state index is 13.1. The van der Waals surface area contributed by atoms with Crippen molar-refractivity contribution in [2.45, 2.75) is 25.8 Å². The molecule has 0 aliphatic heterocycles. The third kappa shape index (κ3) is 3.04. The van der Waals surface area contributed by atoms with Crippen molar-refractivity contribution in [1.82, 2.24) is 0 Å². The Hall–Kier alpha value is -1.95. The monoisotopic (exact) mass is 254 g/mol. The molecule has 5 nitrogen and oxygen atoms in total. The highest BCUT2D eigenvalue weighted by atomic mass is 19.1. The van der Waals surface area contributed by atoms with Crippen LogP contribution in [0.4, 0.5) is 10.1 Å². The molecule has 0 spiro atoms. The second kappa shape index (κ2) is 5.14. The Morgan fingerprint density at radius 1 is 1.50 bits per heavy atom. The van der Waals surface area contributed by atoms with Gasteiger partial charge in [0.15, 0.2) is 0 Å². The molecule has 1 aromatic rings. The van der Waals surface area contributed by atoms with Crippen LogP contribution in [-0.2, 0) is 4.79 Å². The fourth-order valence-electron chi connectivity index (χ4n) is 1.20. The molecule has 1 unspecified atom stereocenters. The summed E-state index contributed by atoms with van der Waals surface area (Å²) < 4.78 is 13.1. The lowest BCUT2D eigenvalue weighted by Crippen LogP contribution is -2.47. The maximum Gasteiger partial charge on any atom is 0.338 e. The number of amides is 1. The number of rotatable bonds is 4. The Balaban J connectivity index is 2.96. The van der Waals surface area contributed by atoms with Gasteiger partial charge in [0.05, 0.1) is 11.1 Å². The molecule has 0 aliphatic carbocycles. The number of benzene rings is 1. The minimum absolute atomic E-state index is 0.198. The van der Waals surface area contributed by atoms with Crippen molar-refractivity contribution >= 4 is 17.6 Å². The summed E-state index contributed by atoms with van der Waals surface area (Å²) in [5, 5.41) is 11.2. The van der Waals surface area contributed by atoms with Crippen LogP contribution in [0.2, 0.25) is 0 Å². The average molecular weight is 254 g/mol. The van der Waals surface area contributed by atoms with Gasteiger partial charge in [-0.15, -0.1) is 0 Å². The Morgan fingerprint density at radius 3 is 2.61 bits per heavy atom. The summed E-state index contributed by atoms with van der Waals surface area (Å²) in [5.41, 5.74) is 4.38. The molecule has 0 bridgehead atoms. The molecule has 4 N–H and O–H groups in total. The van der Waals surface area contributed by atoms with E-state index in [2.05, 4.69) is 5.32 Å². The van der Waals surface area contributed by atoms with Crippen LogP contribution in [0.3, 0.4) is 0 Å². The molecule has 1 aromatic carbocycles. The highest BCUT2D eigenvalue weighted by molar-refractivity contribution is 5.98. The van der Waals surface area contributed by atoms with E-state index in [4.69, 9.17) is 10.8 Å². The van der Waals surface area contributed by atoms with Crippen molar-refractivity contribution in [3.63, 3.8) is 0 Å². The minimum Gasteiger partial charge on any atom is -0.478 e. The summed E-state index contributed by atoms with van der Waals surface area (Å²) in [6, 6.07) is 3.32. The first-order valence-electron chi connectivity index (χ1n) is 5.41. The predicted octanol–water partition coefficient (Wildman–Crippen LogP) is 1.59. The van der Waals surface area contributed by atoms with Crippen LogP contribution in [0.15, 0.2) is 18.2 Å². The summed E-state index contributed by atoms with van der Waals surface area (Å²) in [7, 11) is 0. The molecule has 18 heavy (non-hydrogen) atoms. The average Bonchev–Trinajstić information content (AvgIpc) is 2.31. The zero-order valence-electron chi connectivity index (χ0n) is 10.2. The first-order valence-corrected chi connectivity index (χ1v) is 5.41. The van der Waals surface area contributed by atoms with E-state index in [1.807, 2.05) is 0 Å². The van der Waals surface area contributed by atoms with E-state index in [-0.39, 0.29) is 5.69 Å². The molecule has 0 saturated heterocycles. The van der Waals surface area contributed by atoms with Crippen LogP contribution in [0, 0.1) is 5.82 Å². The molecule has 0 radical (unpaired) electrons. The van der Waals surface area contributed by atoms with E-state index in [1.54, 1.807) is 13.8 Å². The topological polar surface area (TPSA) is 92.4 Å². The van der Waals surface area contributed by atoms with Gasteiger partial charge < -0.3 is 16.2 Å². The lowest BCUT2D eigenvalue weighted by molar-refractivity contribution is -0.120. The first-order chi connectivity index (χ1) is 8.27. The van der Waals surface area contributed by atoms with E-state index in [0.29, 0.717) is 6.42 Å². The zero-order chi connectivity index (χ0) is 13.9. The van der Waals surface area contributed by atoms with E-state index in [0.717, 1.165) is 12.1 Å². The number of anilines is 1. The van der Waals surface area contributed by atoms with Gasteiger partial charge in [0.25, 0.3) is 0 Å². The van der Waals surface area contributed by atoms with Gasteiger partial charge in [0, 0.05) is 5.69 Å². The first kappa shape index (κ1) is 14.1. The third-order valence-electron chi connectivity index (χ3n) is 2.71. The predicted molar refractivity (Wildman–Crippen MR) is 64.9 cm³/mol. The molecule has 0 fully saturated rings. The van der Waals surface area contributed by atoms with Gasteiger partial charge in [0.1, 0.15) is 5.82 Å². The van der Waals surface area contributed by atoms with Crippen molar-refractivity contribution in [3.05, 3.63) is 29.6 Å². The third-order valence-corrected chi connectivity index (χ3v) is 2.71. The Kier molecular flexibility index (Phi) is 4.03. The molecule has 0 aromatic heterocycles. The Bertz CT molecular complexity index is 486. The van der Waals surface area contributed by atoms with Crippen LogP contribution >= 0.6 is 0 Å². The molecule has 98 valence electrons. The van der Waals surface area contributed by atoms with E-state index in [9.17, 15) is 14.0 Å². The molecular formula is C12H15FN2O3.